The Bertz CT molecular complexity index is 750. The lowest BCUT2D eigenvalue weighted by Gasteiger charge is -2.45. The van der Waals surface area contributed by atoms with Crippen molar-refractivity contribution in [2.24, 2.45) is 0 Å². The topological polar surface area (TPSA) is 47.6 Å². The molecule has 0 saturated heterocycles. The lowest BCUT2D eigenvalue weighted by molar-refractivity contribution is -0.0503. The molecule has 0 aromatic heterocycles. The van der Waals surface area contributed by atoms with Crippen molar-refractivity contribution < 1.29 is 14.3 Å². The zero-order valence-corrected chi connectivity index (χ0v) is 12.4. The fourth-order valence-electron chi connectivity index (χ4n) is 3.25. The first-order valence-electron chi connectivity index (χ1n) is 7.49. The van der Waals surface area contributed by atoms with Gasteiger partial charge in [-0.2, -0.15) is 0 Å². The maximum atomic E-state index is 11.7. The van der Waals surface area contributed by atoms with Gasteiger partial charge in [-0.05, 0) is 54.7 Å². The van der Waals surface area contributed by atoms with Crippen molar-refractivity contribution in [1.82, 2.24) is 0 Å². The number of hydrogen-bond acceptors (Lipinski definition) is 3. The molecular formula is C18H17NO3. The Morgan fingerprint density at radius 2 is 1.95 bits per heavy atom. The molecule has 4 rings (SSSR count). The van der Waals surface area contributed by atoms with Gasteiger partial charge in [0.25, 0.3) is 0 Å². The summed E-state index contributed by atoms with van der Waals surface area (Å²) in [5, 5.41) is 2.80. The Kier molecular flexibility index (Phi) is 2.86. The van der Waals surface area contributed by atoms with Crippen LogP contribution in [0.1, 0.15) is 24.8 Å². The number of carbonyl (C=O) groups excluding carboxylic acids is 1. The largest absolute Gasteiger partial charge is 0.497 e. The first kappa shape index (κ1) is 13.2. The molecule has 0 atom stereocenters. The van der Waals surface area contributed by atoms with Gasteiger partial charge < -0.3 is 9.47 Å². The summed E-state index contributed by atoms with van der Waals surface area (Å²) in [7, 11) is 1.67. The van der Waals surface area contributed by atoms with Gasteiger partial charge in [0.2, 0.25) is 0 Å². The van der Waals surface area contributed by atoms with Crippen molar-refractivity contribution in [2.75, 3.05) is 12.4 Å². The van der Waals surface area contributed by atoms with Crippen LogP contribution in [0.4, 0.5) is 10.5 Å². The molecule has 1 aliphatic carbocycles. The Morgan fingerprint density at radius 1 is 1.14 bits per heavy atom. The molecule has 2 aromatic carbocycles. The molecule has 2 aromatic rings. The second-order valence-corrected chi connectivity index (χ2v) is 5.85. The number of carbonyl (C=O) groups is 1. The number of hydrogen-bond donors (Lipinski definition) is 1. The van der Waals surface area contributed by atoms with E-state index in [9.17, 15) is 4.79 Å². The SMILES string of the molecule is COc1cccc(-c2ccc3c(c2)C2(CCC2)OC(=O)N3)c1. The second kappa shape index (κ2) is 4.77. The minimum absolute atomic E-state index is 0.346. The molecule has 1 heterocycles. The van der Waals surface area contributed by atoms with Crippen molar-refractivity contribution in [2.45, 2.75) is 24.9 Å². The van der Waals surface area contributed by atoms with E-state index in [1.165, 1.54) is 0 Å². The number of fused-ring (bicyclic) bond motifs is 2. The van der Waals surface area contributed by atoms with Crippen molar-refractivity contribution in [1.29, 1.82) is 0 Å². The highest BCUT2D eigenvalue weighted by Gasteiger charge is 2.47. The molecule has 1 N–H and O–H groups in total. The van der Waals surface area contributed by atoms with E-state index in [4.69, 9.17) is 9.47 Å². The van der Waals surface area contributed by atoms with Crippen LogP contribution in [0.25, 0.3) is 11.1 Å². The second-order valence-electron chi connectivity index (χ2n) is 5.85. The van der Waals surface area contributed by atoms with E-state index < -0.39 is 5.60 Å². The van der Waals surface area contributed by atoms with Crippen molar-refractivity contribution >= 4 is 11.8 Å². The molecule has 0 radical (unpaired) electrons. The summed E-state index contributed by atoms with van der Waals surface area (Å²) >= 11 is 0. The van der Waals surface area contributed by atoms with E-state index in [-0.39, 0.29) is 6.09 Å². The first-order valence-corrected chi connectivity index (χ1v) is 7.49. The number of methoxy groups -OCH3 is 1. The summed E-state index contributed by atoms with van der Waals surface area (Å²) in [6, 6.07) is 14.1. The predicted molar refractivity (Wildman–Crippen MR) is 84.1 cm³/mol. The number of ether oxygens (including phenoxy) is 2. The molecule has 0 bridgehead atoms. The molecule has 1 fully saturated rings. The zero-order valence-electron chi connectivity index (χ0n) is 12.4. The molecular weight excluding hydrogens is 278 g/mol. The Hall–Kier alpha value is -2.49. The predicted octanol–water partition coefficient (Wildman–Crippen LogP) is 4.30. The molecule has 4 nitrogen and oxygen atoms in total. The van der Waals surface area contributed by atoms with Crippen LogP contribution in [0.2, 0.25) is 0 Å². The normalized spacial score (nSPS) is 18.0. The average Bonchev–Trinajstić information content (AvgIpc) is 2.52. The Balaban J connectivity index is 1.80. The molecule has 22 heavy (non-hydrogen) atoms. The van der Waals surface area contributed by atoms with Crippen LogP contribution < -0.4 is 10.1 Å². The van der Waals surface area contributed by atoms with Gasteiger partial charge in [0.1, 0.15) is 11.4 Å². The summed E-state index contributed by atoms with van der Waals surface area (Å²) in [6.45, 7) is 0. The van der Waals surface area contributed by atoms with Crippen molar-refractivity contribution in [3.8, 4) is 16.9 Å². The van der Waals surface area contributed by atoms with Crippen LogP contribution in [-0.4, -0.2) is 13.2 Å². The van der Waals surface area contributed by atoms with Gasteiger partial charge in [-0.1, -0.05) is 18.2 Å². The minimum atomic E-state index is -0.424. The van der Waals surface area contributed by atoms with Gasteiger partial charge in [-0.25, -0.2) is 4.79 Å². The quantitative estimate of drug-likeness (QED) is 0.898. The third-order valence-corrected chi connectivity index (χ3v) is 4.60. The fourth-order valence-corrected chi connectivity index (χ4v) is 3.25. The third kappa shape index (κ3) is 1.95. The Labute approximate surface area is 129 Å². The molecule has 1 aliphatic heterocycles. The smallest absolute Gasteiger partial charge is 0.412 e. The lowest BCUT2D eigenvalue weighted by atomic mass is 9.73. The number of nitrogens with one attached hydrogen (secondary N) is 1. The van der Waals surface area contributed by atoms with Crippen LogP contribution in [0.3, 0.4) is 0 Å². The summed E-state index contributed by atoms with van der Waals surface area (Å²) in [5.41, 5.74) is 3.71. The van der Waals surface area contributed by atoms with Crippen LogP contribution >= 0.6 is 0 Å². The number of benzene rings is 2. The van der Waals surface area contributed by atoms with Gasteiger partial charge in [-0.3, -0.25) is 5.32 Å². The standard InChI is InChI=1S/C18H17NO3/c1-21-14-5-2-4-12(10-14)13-6-7-16-15(11-13)18(8-3-9-18)22-17(20)19-16/h2,4-7,10-11H,3,8-9H2,1H3,(H,19,20). The summed E-state index contributed by atoms with van der Waals surface area (Å²) in [4.78, 5) is 11.7. The number of anilines is 1. The van der Waals surface area contributed by atoms with Crippen LogP contribution in [0, 0.1) is 0 Å². The van der Waals surface area contributed by atoms with Gasteiger partial charge in [0, 0.05) is 5.56 Å². The first-order chi connectivity index (χ1) is 10.7. The van der Waals surface area contributed by atoms with Gasteiger partial charge in [0.15, 0.2) is 0 Å². The third-order valence-electron chi connectivity index (χ3n) is 4.60. The summed E-state index contributed by atoms with van der Waals surface area (Å²) in [6.07, 6.45) is 2.54. The molecule has 2 aliphatic rings. The van der Waals surface area contributed by atoms with Crippen molar-refractivity contribution in [3.05, 3.63) is 48.0 Å². The molecule has 1 spiro atoms. The average molecular weight is 295 g/mol. The van der Waals surface area contributed by atoms with Crippen LogP contribution in [0.5, 0.6) is 5.75 Å². The molecule has 4 heteroatoms. The number of amides is 1. The summed E-state index contributed by atoms with van der Waals surface area (Å²) in [5.74, 6) is 0.832. The van der Waals surface area contributed by atoms with Gasteiger partial charge >= 0.3 is 6.09 Å². The lowest BCUT2D eigenvalue weighted by Crippen LogP contribution is -2.44. The fraction of sp³-hybridized carbons (Fsp3) is 0.278. The molecule has 1 amide bonds. The minimum Gasteiger partial charge on any atom is -0.497 e. The maximum Gasteiger partial charge on any atom is 0.412 e. The highest BCUT2D eigenvalue weighted by molar-refractivity contribution is 5.90. The summed E-state index contributed by atoms with van der Waals surface area (Å²) < 4.78 is 10.9. The zero-order chi connectivity index (χ0) is 15.2. The maximum absolute atomic E-state index is 11.7. The van der Waals surface area contributed by atoms with Crippen molar-refractivity contribution in [3.63, 3.8) is 0 Å². The van der Waals surface area contributed by atoms with Gasteiger partial charge in [0.05, 0.1) is 12.8 Å². The van der Waals surface area contributed by atoms with Crippen LogP contribution in [0.15, 0.2) is 42.5 Å². The number of rotatable bonds is 2. The highest BCUT2D eigenvalue weighted by atomic mass is 16.6. The van der Waals surface area contributed by atoms with E-state index >= 15 is 0 Å². The van der Waals surface area contributed by atoms with E-state index in [0.29, 0.717) is 0 Å². The van der Waals surface area contributed by atoms with E-state index in [1.54, 1.807) is 7.11 Å². The van der Waals surface area contributed by atoms with E-state index in [1.807, 2.05) is 30.3 Å². The molecule has 0 unspecified atom stereocenters. The molecule has 112 valence electrons. The van der Waals surface area contributed by atoms with Gasteiger partial charge in [-0.15, -0.1) is 0 Å². The highest BCUT2D eigenvalue weighted by Crippen LogP contribution is 2.50. The Morgan fingerprint density at radius 3 is 2.68 bits per heavy atom. The van der Waals surface area contributed by atoms with Crippen LogP contribution in [-0.2, 0) is 10.3 Å². The molecule has 1 saturated carbocycles. The van der Waals surface area contributed by atoms with E-state index in [0.717, 1.165) is 47.4 Å². The van der Waals surface area contributed by atoms with E-state index in [2.05, 4.69) is 17.4 Å². The monoisotopic (exact) mass is 295 g/mol.